The molecule has 0 aromatic heterocycles. The Bertz CT molecular complexity index is 126. The van der Waals surface area contributed by atoms with Crippen molar-refractivity contribution >= 4 is 9.05 Å². The Balaban J connectivity index is 4.05. The summed E-state index contributed by atoms with van der Waals surface area (Å²) in [7, 11) is -1.97. The molecule has 0 bridgehead atoms. The molecule has 0 amide bonds. The van der Waals surface area contributed by atoms with Gasteiger partial charge in [-0.1, -0.05) is 0 Å². The van der Waals surface area contributed by atoms with E-state index in [1.54, 1.807) is 20.8 Å². The molecule has 0 saturated carbocycles. The van der Waals surface area contributed by atoms with E-state index < -0.39 is 15.3 Å². The SMILES string of the molecule is CCO[Si](O)(OCC)OC(C)OC. The summed E-state index contributed by atoms with van der Waals surface area (Å²) in [6.45, 7) is 5.88. The maximum Gasteiger partial charge on any atom is 0.678 e. The molecule has 1 unspecified atom stereocenters. The van der Waals surface area contributed by atoms with Crippen LogP contribution in [0.2, 0.25) is 0 Å². The average Bonchev–Trinajstić information content (AvgIpc) is 2.04. The van der Waals surface area contributed by atoms with Crippen molar-refractivity contribution in [1.82, 2.24) is 0 Å². The highest BCUT2D eigenvalue weighted by Crippen LogP contribution is 2.08. The van der Waals surface area contributed by atoms with Gasteiger partial charge in [0.2, 0.25) is 0 Å². The third-order valence-electron chi connectivity index (χ3n) is 1.30. The maximum absolute atomic E-state index is 9.70. The Kier molecular flexibility index (Phi) is 6.48. The first kappa shape index (κ1) is 13.0. The fourth-order valence-corrected chi connectivity index (χ4v) is 2.20. The van der Waals surface area contributed by atoms with Gasteiger partial charge in [-0.15, -0.1) is 0 Å². The number of ether oxygens (including phenoxy) is 1. The highest BCUT2D eigenvalue weighted by Gasteiger charge is 2.42. The molecule has 0 aliphatic rings. The Hall–Kier alpha value is 0.0169. The fourth-order valence-electron chi connectivity index (χ4n) is 0.732. The molecule has 1 N–H and O–H groups in total. The standard InChI is InChI=1S/C7H18O5Si/c1-5-10-13(8,11-6-2)12-7(3)9-4/h7-8H,5-6H2,1-4H3. The zero-order valence-corrected chi connectivity index (χ0v) is 9.57. The summed E-state index contributed by atoms with van der Waals surface area (Å²) in [6.07, 6.45) is -0.533. The van der Waals surface area contributed by atoms with Crippen LogP contribution in [0.4, 0.5) is 0 Å². The lowest BCUT2D eigenvalue weighted by Gasteiger charge is -2.24. The summed E-state index contributed by atoms with van der Waals surface area (Å²) in [5, 5.41) is 0. The van der Waals surface area contributed by atoms with Crippen LogP contribution in [0, 0.1) is 0 Å². The molecular weight excluding hydrogens is 192 g/mol. The van der Waals surface area contributed by atoms with Crippen molar-refractivity contribution in [3.63, 3.8) is 0 Å². The second-order valence-electron chi connectivity index (χ2n) is 2.31. The second-order valence-corrected chi connectivity index (χ2v) is 4.17. The smallest absolute Gasteiger partial charge is 0.367 e. The van der Waals surface area contributed by atoms with Crippen molar-refractivity contribution in [2.75, 3.05) is 20.3 Å². The molecule has 0 fully saturated rings. The Morgan fingerprint density at radius 3 is 2.00 bits per heavy atom. The lowest BCUT2D eigenvalue weighted by molar-refractivity contribution is -0.116. The summed E-state index contributed by atoms with van der Waals surface area (Å²) in [5.74, 6) is 0. The van der Waals surface area contributed by atoms with Gasteiger partial charge in [-0.25, -0.2) is 0 Å². The van der Waals surface area contributed by atoms with Crippen LogP contribution in [0.3, 0.4) is 0 Å². The highest BCUT2D eigenvalue weighted by molar-refractivity contribution is 6.51. The average molecular weight is 210 g/mol. The first-order valence-electron chi connectivity index (χ1n) is 4.28. The molecule has 13 heavy (non-hydrogen) atoms. The van der Waals surface area contributed by atoms with Crippen LogP contribution in [0.15, 0.2) is 0 Å². The monoisotopic (exact) mass is 210 g/mol. The molecule has 0 aliphatic carbocycles. The molecule has 5 nitrogen and oxygen atoms in total. The van der Waals surface area contributed by atoms with Crippen molar-refractivity contribution in [1.29, 1.82) is 0 Å². The minimum absolute atomic E-state index is 0.346. The van der Waals surface area contributed by atoms with Crippen LogP contribution in [0.5, 0.6) is 0 Å². The van der Waals surface area contributed by atoms with Crippen LogP contribution >= 0.6 is 0 Å². The molecule has 80 valence electrons. The van der Waals surface area contributed by atoms with Gasteiger partial charge in [0, 0.05) is 20.3 Å². The normalized spacial score (nSPS) is 14.5. The molecule has 0 aliphatic heterocycles. The van der Waals surface area contributed by atoms with Gasteiger partial charge >= 0.3 is 9.05 Å². The highest BCUT2D eigenvalue weighted by atomic mass is 28.4. The van der Waals surface area contributed by atoms with Crippen LogP contribution in [-0.4, -0.2) is 40.5 Å². The van der Waals surface area contributed by atoms with Gasteiger partial charge in [0.05, 0.1) is 0 Å². The van der Waals surface area contributed by atoms with Crippen LogP contribution in [-0.2, 0) is 18.0 Å². The second kappa shape index (κ2) is 6.47. The summed E-state index contributed by atoms with van der Waals surface area (Å²) in [5.41, 5.74) is 0. The number of hydrogen-bond acceptors (Lipinski definition) is 5. The van der Waals surface area contributed by atoms with E-state index in [1.165, 1.54) is 7.11 Å². The summed E-state index contributed by atoms with van der Waals surface area (Å²) < 4.78 is 20.0. The molecule has 0 rings (SSSR count). The van der Waals surface area contributed by atoms with E-state index >= 15 is 0 Å². The lowest BCUT2D eigenvalue weighted by Crippen LogP contribution is -2.48. The number of methoxy groups -OCH3 is 1. The molecule has 0 aromatic rings. The van der Waals surface area contributed by atoms with E-state index in [-0.39, 0.29) is 0 Å². The van der Waals surface area contributed by atoms with Crippen LogP contribution in [0.1, 0.15) is 20.8 Å². The van der Waals surface area contributed by atoms with E-state index in [0.717, 1.165) is 0 Å². The molecule has 0 aromatic carbocycles. The first-order valence-corrected chi connectivity index (χ1v) is 5.96. The van der Waals surface area contributed by atoms with E-state index in [0.29, 0.717) is 13.2 Å². The van der Waals surface area contributed by atoms with E-state index in [2.05, 4.69) is 0 Å². The van der Waals surface area contributed by atoms with Crippen molar-refractivity contribution in [2.45, 2.75) is 27.1 Å². The van der Waals surface area contributed by atoms with Gasteiger partial charge in [-0.2, -0.15) is 0 Å². The van der Waals surface area contributed by atoms with E-state index in [9.17, 15) is 4.80 Å². The third-order valence-corrected chi connectivity index (χ3v) is 3.24. The van der Waals surface area contributed by atoms with Crippen molar-refractivity contribution < 1.29 is 22.8 Å². The van der Waals surface area contributed by atoms with Crippen molar-refractivity contribution in [2.24, 2.45) is 0 Å². The van der Waals surface area contributed by atoms with Crippen molar-refractivity contribution in [3.05, 3.63) is 0 Å². The zero-order chi connectivity index (χ0) is 10.3. The molecule has 1 atom stereocenters. The third kappa shape index (κ3) is 5.35. The van der Waals surface area contributed by atoms with Crippen molar-refractivity contribution in [3.8, 4) is 0 Å². The van der Waals surface area contributed by atoms with Gasteiger partial charge in [0.1, 0.15) is 0 Å². The van der Waals surface area contributed by atoms with E-state index in [1.807, 2.05) is 0 Å². The Morgan fingerprint density at radius 2 is 1.69 bits per heavy atom. The topological polar surface area (TPSA) is 57.2 Å². The Morgan fingerprint density at radius 1 is 1.23 bits per heavy atom. The molecular formula is C7H18O5Si. The minimum atomic E-state index is -3.46. The summed E-state index contributed by atoms with van der Waals surface area (Å²) >= 11 is 0. The fraction of sp³-hybridized carbons (Fsp3) is 1.00. The van der Waals surface area contributed by atoms with Gasteiger partial charge in [0.15, 0.2) is 6.29 Å². The summed E-state index contributed by atoms with van der Waals surface area (Å²) in [6, 6.07) is 0. The van der Waals surface area contributed by atoms with Gasteiger partial charge in [-0.3, -0.25) is 0 Å². The molecule has 0 heterocycles. The molecule has 0 saturated heterocycles. The number of rotatable bonds is 7. The minimum Gasteiger partial charge on any atom is -0.367 e. The summed E-state index contributed by atoms with van der Waals surface area (Å²) in [4.78, 5) is 9.70. The quantitative estimate of drug-likeness (QED) is 0.490. The van der Waals surface area contributed by atoms with Gasteiger partial charge in [-0.05, 0) is 20.8 Å². The van der Waals surface area contributed by atoms with Gasteiger partial charge in [0.25, 0.3) is 0 Å². The lowest BCUT2D eigenvalue weighted by atomic mass is 10.8. The van der Waals surface area contributed by atoms with Crippen LogP contribution in [0.25, 0.3) is 0 Å². The van der Waals surface area contributed by atoms with E-state index in [4.69, 9.17) is 18.0 Å². The largest absolute Gasteiger partial charge is 0.678 e. The van der Waals surface area contributed by atoms with Gasteiger partial charge < -0.3 is 22.8 Å². The first-order chi connectivity index (χ1) is 6.08. The molecule has 0 radical (unpaired) electrons. The predicted molar refractivity (Wildman–Crippen MR) is 48.8 cm³/mol. The Labute approximate surface area is 80.1 Å². The predicted octanol–water partition coefficient (Wildman–Crippen LogP) is 0.496. The molecule has 6 heteroatoms. The zero-order valence-electron chi connectivity index (χ0n) is 8.57. The molecule has 0 spiro atoms. The maximum atomic E-state index is 9.70. The van der Waals surface area contributed by atoms with Crippen LogP contribution < -0.4 is 0 Å². The number of hydrogen-bond donors (Lipinski definition) is 1.